The lowest BCUT2D eigenvalue weighted by Gasteiger charge is -2.29. The lowest BCUT2D eigenvalue weighted by Crippen LogP contribution is -2.36. The number of amides is 2. The molecule has 8 nitrogen and oxygen atoms in total. The summed E-state index contributed by atoms with van der Waals surface area (Å²) in [4.78, 5) is 34.9. The summed E-state index contributed by atoms with van der Waals surface area (Å²) in [6.07, 6.45) is -2.24. The number of pyridine rings is 2. The van der Waals surface area contributed by atoms with Crippen molar-refractivity contribution in [3.8, 4) is 11.1 Å². The number of hydrogen-bond donors (Lipinski definition) is 1. The Kier molecular flexibility index (Phi) is 6.78. The molecule has 2 aromatic heterocycles. The monoisotopic (exact) mass is 526 g/mol. The van der Waals surface area contributed by atoms with E-state index in [0.717, 1.165) is 28.5 Å². The first-order valence-electron chi connectivity index (χ1n) is 12.2. The number of aromatic nitrogens is 2. The Labute approximate surface area is 216 Å². The van der Waals surface area contributed by atoms with Gasteiger partial charge in [0.2, 0.25) is 0 Å². The van der Waals surface area contributed by atoms with Gasteiger partial charge in [-0.1, -0.05) is 6.07 Å². The predicted molar refractivity (Wildman–Crippen MR) is 133 cm³/mol. The van der Waals surface area contributed by atoms with E-state index in [1.165, 1.54) is 11.0 Å². The van der Waals surface area contributed by atoms with Gasteiger partial charge in [-0.3, -0.25) is 14.7 Å². The van der Waals surface area contributed by atoms with Gasteiger partial charge in [-0.2, -0.15) is 13.2 Å². The number of nitrogens with zero attached hydrogens (tertiary/aromatic N) is 3. The number of fused-ring (bicyclic) bond motifs is 3. The molecule has 1 saturated heterocycles. The standard InChI is InChI=1S/C27H25F3N4O4/c1-3-34-24-21(19-7-9-37-14-22(19)38-26(34)36)10-17(13-32-24)20-12-18(5-4-15(20)2)33-25(35)16-6-8-31-23(11-16)27(28,29)30/h4-6,8,10-13,19,22H,3,7,9,14H2,1-2H3,(H,33,35)/t19-,22+/m1/s1. The molecular weight excluding hydrogens is 501 g/mol. The molecule has 2 aliphatic rings. The number of hydrogen-bond acceptors (Lipinski definition) is 6. The molecule has 5 rings (SSSR count). The number of halogens is 3. The second-order valence-electron chi connectivity index (χ2n) is 9.18. The van der Waals surface area contributed by atoms with Gasteiger partial charge in [0.15, 0.2) is 0 Å². The van der Waals surface area contributed by atoms with Crippen molar-refractivity contribution in [2.24, 2.45) is 0 Å². The molecule has 3 aromatic rings. The largest absolute Gasteiger partial charge is 0.443 e. The summed E-state index contributed by atoms with van der Waals surface area (Å²) < 4.78 is 50.3. The van der Waals surface area contributed by atoms with E-state index in [1.54, 1.807) is 18.3 Å². The van der Waals surface area contributed by atoms with Crippen molar-refractivity contribution in [1.82, 2.24) is 9.97 Å². The van der Waals surface area contributed by atoms with Crippen molar-refractivity contribution in [3.63, 3.8) is 0 Å². The molecule has 0 aliphatic carbocycles. The summed E-state index contributed by atoms with van der Waals surface area (Å²) in [7, 11) is 0. The van der Waals surface area contributed by atoms with E-state index in [2.05, 4.69) is 15.3 Å². The number of nitrogens with one attached hydrogen (secondary N) is 1. The molecule has 0 spiro atoms. The van der Waals surface area contributed by atoms with E-state index < -0.39 is 30.0 Å². The molecule has 1 N–H and O–H groups in total. The number of alkyl halides is 3. The molecule has 0 saturated carbocycles. The maximum Gasteiger partial charge on any atom is 0.433 e. The van der Waals surface area contributed by atoms with Crippen molar-refractivity contribution < 1.29 is 32.2 Å². The Bertz CT molecular complexity index is 1390. The van der Waals surface area contributed by atoms with Gasteiger partial charge in [-0.15, -0.1) is 0 Å². The number of anilines is 2. The average molecular weight is 527 g/mol. The lowest BCUT2D eigenvalue weighted by molar-refractivity contribution is -0.141. The van der Waals surface area contributed by atoms with Crippen LogP contribution in [0, 0.1) is 6.92 Å². The minimum atomic E-state index is -4.65. The zero-order valence-electron chi connectivity index (χ0n) is 20.7. The van der Waals surface area contributed by atoms with Crippen molar-refractivity contribution in [2.75, 3.05) is 30.0 Å². The van der Waals surface area contributed by atoms with Crippen LogP contribution < -0.4 is 10.2 Å². The number of carbonyl (C=O) groups is 2. The summed E-state index contributed by atoms with van der Waals surface area (Å²) in [6, 6.07) is 9.17. The van der Waals surface area contributed by atoms with Gasteiger partial charge in [-0.25, -0.2) is 9.78 Å². The number of carbonyl (C=O) groups excluding carboxylic acids is 2. The molecule has 0 radical (unpaired) electrons. The van der Waals surface area contributed by atoms with Crippen LogP contribution in [0.5, 0.6) is 0 Å². The van der Waals surface area contributed by atoms with E-state index >= 15 is 0 Å². The Hall–Kier alpha value is -3.99. The highest BCUT2D eigenvalue weighted by molar-refractivity contribution is 6.04. The van der Waals surface area contributed by atoms with Crippen LogP contribution in [0.4, 0.5) is 29.5 Å². The number of rotatable bonds is 4. The first kappa shape index (κ1) is 25.7. The fourth-order valence-electron chi connectivity index (χ4n) is 4.80. The molecule has 11 heteroatoms. The lowest BCUT2D eigenvalue weighted by atomic mass is 9.87. The predicted octanol–water partition coefficient (Wildman–Crippen LogP) is 5.57. The van der Waals surface area contributed by atoms with Gasteiger partial charge in [-0.05, 0) is 61.7 Å². The fourth-order valence-corrected chi connectivity index (χ4v) is 4.80. The molecule has 198 valence electrons. The molecule has 38 heavy (non-hydrogen) atoms. The third-order valence-electron chi connectivity index (χ3n) is 6.76. The second-order valence-corrected chi connectivity index (χ2v) is 9.18. The Morgan fingerprint density at radius 3 is 2.76 bits per heavy atom. The summed E-state index contributed by atoms with van der Waals surface area (Å²) in [5, 5.41) is 2.67. The topological polar surface area (TPSA) is 93.7 Å². The van der Waals surface area contributed by atoms with Crippen molar-refractivity contribution >= 4 is 23.5 Å². The van der Waals surface area contributed by atoms with Gasteiger partial charge >= 0.3 is 12.3 Å². The zero-order chi connectivity index (χ0) is 27.0. The Morgan fingerprint density at radius 2 is 2.00 bits per heavy atom. The molecule has 2 atom stereocenters. The summed E-state index contributed by atoms with van der Waals surface area (Å²) in [6.45, 7) is 5.00. The van der Waals surface area contributed by atoms with Crippen LogP contribution in [0.25, 0.3) is 11.1 Å². The zero-order valence-corrected chi connectivity index (χ0v) is 20.7. The van der Waals surface area contributed by atoms with Crippen molar-refractivity contribution in [3.05, 3.63) is 71.2 Å². The highest BCUT2D eigenvalue weighted by atomic mass is 19.4. The van der Waals surface area contributed by atoms with E-state index in [9.17, 15) is 22.8 Å². The normalized spacial score (nSPS) is 19.2. The molecule has 1 fully saturated rings. The summed E-state index contributed by atoms with van der Waals surface area (Å²) in [5.41, 5.74) is 2.47. The minimum Gasteiger partial charge on any atom is -0.443 e. The van der Waals surface area contributed by atoms with Crippen LogP contribution in [-0.4, -0.2) is 47.8 Å². The van der Waals surface area contributed by atoms with E-state index in [-0.39, 0.29) is 11.5 Å². The third kappa shape index (κ3) is 4.93. The van der Waals surface area contributed by atoms with Gasteiger partial charge in [0.1, 0.15) is 17.6 Å². The van der Waals surface area contributed by atoms with Gasteiger partial charge in [0.25, 0.3) is 5.91 Å². The Morgan fingerprint density at radius 1 is 1.18 bits per heavy atom. The summed E-state index contributed by atoms with van der Waals surface area (Å²) in [5.74, 6) is -0.215. The molecule has 2 amide bonds. The average Bonchev–Trinajstić information content (AvgIpc) is 3.02. The SMILES string of the molecule is CCN1C(=O)O[C@H]2COCC[C@@H]2c2cc(-c3cc(NC(=O)c4ccnc(C(F)(F)F)c4)ccc3C)cnc21. The highest BCUT2D eigenvalue weighted by Gasteiger charge is 2.39. The Balaban J connectivity index is 1.48. The fraction of sp³-hybridized carbons (Fsp3) is 0.333. The highest BCUT2D eigenvalue weighted by Crippen LogP contribution is 2.40. The van der Waals surface area contributed by atoms with Gasteiger partial charge < -0.3 is 14.8 Å². The first-order valence-corrected chi connectivity index (χ1v) is 12.2. The van der Waals surface area contributed by atoms with E-state index in [0.29, 0.717) is 43.8 Å². The van der Waals surface area contributed by atoms with Crippen LogP contribution in [0.2, 0.25) is 0 Å². The molecule has 4 heterocycles. The third-order valence-corrected chi connectivity index (χ3v) is 6.76. The van der Waals surface area contributed by atoms with E-state index in [1.807, 2.05) is 26.0 Å². The van der Waals surface area contributed by atoms with E-state index in [4.69, 9.17) is 9.47 Å². The van der Waals surface area contributed by atoms with Crippen molar-refractivity contribution in [1.29, 1.82) is 0 Å². The molecule has 1 aromatic carbocycles. The number of benzene rings is 1. The quantitative estimate of drug-likeness (QED) is 0.478. The first-order chi connectivity index (χ1) is 18.2. The van der Waals surface area contributed by atoms with Crippen molar-refractivity contribution in [2.45, 2.75) is 38.5 Å². The van der Waals surface area contributed by atoms with Gasteiger partial charge in [0.05, 0.1) is 6.61 Å². The van der Waals surface area contributed by atoms with Crippen LogP contribution in [0.15, 0.2) is 48.8 Å². The maximum absolute atomic E-state index is 13.0. The summed E-state index contributed by atoms with van der Waals surface area (Å²) >= 11 is 0. The van der Waals surface area contributed by atoms with Crippen LogP contribution in [0.1, 0.15) is 46.4 Å². The molecular formula is C27H25F3N4O4. The second kappa shape index (κ2) is 10.1. The van der Waals surface area contributed by atoms with Crippen LogP contribution >= 0.6 is 0 Å². The smallest absolute Gasteiger partial charge is 0.433 e. The maximum atomic E-state index is 13.0. The molecule has 0 unspecified atom stereocenters. The van der Waals surface area contributed by atoms with Crippen LogP contribution in [-0.2, 0) is 15.7 Å². The number of ether oxygens (including phenoxy) is 2. The number of aryl methyl sites for hydroxylation is 1. The molecule has 2 aliphatic heterocycles. The van der Waals surface area contributed by atoms with Gasteiger partial charge in [0, 0.05) is 53.8 Å². The van der Waals surface area contributed by atoms with Crippen LogP contribution in [0.3, 0.4) is 0 Å². The minimum absolute atomic E-state index is 0.0792. The molecule has 0 bridgehead atoms.